The molecular weight excluding hydrogens is 286 g/mol. The van der Waals surface area contributed by atoms with E-state index in [9.17, 15) is 4.79 Å². The average molecular weight is 309 g/mol. The largest absolute Gasteiger partial charge is 0.343 e. The molecular formula is C19H23N3O. The maximum absolute atomic E-state index is 12.7. The molecule has 0 saturated carbocycles. The van der Waals surface area contributed by atoms with Crippen molar-refractivity contribution in [2.75, 3.05) is 0 Å². The monoisotopic (exact) mass is 309 g/mol. The lowest BCUT2D eigenvalue weighted by molar-refractivity contribution is 0.564. The molecule has 0 aliphatic carbocycles. The second kappa shape index (κ2) is 5.69. The molecule has 0 fully saturated rings. The number of aryl methyl sites for hydroxylation is 1. The topological polar surface area (TPSA) is 50.7 Å². The van der Waals surface area contributed by atoms with Crippen LogP contribution in [0.3, 0.4) is 0 Å². The molecule has 2 aromatic heterocycles. The van der Waals surface area contributed by atoms with Crippen molar-refractivity contribution in [2.45, 2.75) is 46.0 Å². The van der Waals surface area contributed by atoms with E-state index in [0.717, 1.165) is 35.6 Å². The molecule has 0 radical (unpaired) electrons. The Morgan fingerprint density at radius 3 is 2.48 bits per heavy atom. The standard InChI is InChI=1S/C19H23N3O/c1-5-9-13-12-15(23)16-17(19(2,3)4)21-22(18(16)20-13)14-10-7-6-8-11-14/h6-8,10-12H,5,9H2,1-4H3,(H,20,23). The summed E-state index contributed by atoms with van der Waals surface area (Å²) in [5.74, 6) is 0. The Labute approximate surface area is 136 Å². The highest BCUT2D eigenvalue weighted by Gasteiger charge is 2.25. The minimum absolute atomic E-state index is 0.0503. The van der Waals surface area contributed by atoms with Gasteiger partial charge in [0.05, 0.1) is 16.8 Å². The number of H-pyrrole nitrogens is 1. The highest BCUT2D eigenvalue weighted by atomic mass is 16.1. The van der Waals surface area contributed by atoms with Crippen molar-refractivity contribution in [2.24, 2.45) is 0 Å². The van der Waals surface area contributed by atoms with Crippen molar-refractivity contribution in [1.29, 1.82) is 0 Å². The number of nitrogens with one attached hydrogen (secondary N) is 1. The van der Waals surface area contributed by atoms with Crippen LogP contribution in [0, 0.1) is 0 Å². The molecule has 0 aliphatic heterocycles. The zero-order chi connectivity index (χ0) is 16.6. The Morgan fingerprint density at radius 1 is 1.17 bits per heavy atom. The number of aromatic amines is 1. The van der Waals surface area contributed by atoms with Crippen molar-refractivity contribution in [3.05, 3.63) is 58.0 Å². The fourth-order valence-electron chi connectivity index (χ4n) is 2.87. The molecule has 23 heavy (non-hydrogen) atoms. The summed E-state index contributed by atoms with van der Waals surface area (Å²) in [6.45, 7) is 8.37. The van der Waals surface area contributed by atoms with Crippen LogP contribution in [-0.2, 0) is 11.8 Å². The molecule has 0 unspecified atom stereocenters. The van der Waals surface area contributed by atoms with Gasteiger partial charge in [-0.1, -0.05) is 52.3 Å². The van der Waals surface area contributed by atoms with Gasteiger partial charge in [0, 0.05) is 17.2 Å². The summed E-state index contributed by atoms with van der Waals surface area (Å²) in [5, 5.41) is 5.47. The molecule has 0 saturated heterocycles. The highest BCUT2D eigenvalue weighted by Crippen LogP contribution is 2.28. The van der Waals surface area contributed by atoms with Crippen molar-refractivity contribution in [1.82, 2.24) is 14.8 Å². The third-order valence-electron chi connectivity index (χ3n) is 3.95. The molecule has 2 heterocycles. The first-order valence-corrected chi connectivity index (χ1v) is 8.12. The Kier molecular flexibility index (Phi) is 3.84. The van der Waals surface area contributed by atoms with Gasteiger partial charge in [0.15, 0.2) is 5.43 Å². The van der Waals surface area contributed by atoms with Gasteiger partial charge in [0.25, 0.3) is 0 Å². The van der Waals surface area contributed by atoms with Gasteiger partial charge in [-0.05, 0) is 18.6 Å². The van der Waals surface area contributed by atoms with E-state index in [1.165, 1.54) is 0 Å². The number of pyridine rings is 1. The van der Waals surface area contributed by atoms with Gasteiger partial charge in [0.1, 0.15) is 5.65 Å². The van der Waals surface area contributed by atoms with E-state index in [4.69, 9.17) is 5.10 Å². The summed E-state index contributed by atoms with van der Waals surface area (Å²) >= 11 is 0. The first-order chi connectivity index (χ1) is 10.9. The fourth-order valence-corrected chi connectivity index (χ4v) is 2.87. The number of hydrogen-bond acceptors (Lipinski definition) is 2. The Hall–Kier alpha value is -2.36. The van der Waals surface area contributed by atoms with Gasteiger partial charge in [-0.2, -0.15) is 5.10 Å². The molecule has 120 valence electrons. The van der Waals surface area contributed by atoms with Gasteiger partial charge in [-0.3, -0.25) is 4.79 Å². The smallest absolute Gasteiger partial charge is 0.193 e. The van der Waals surface area contributed by atoms with Crippen molar-refractivity contribution < 1.29 is 0 Å². The van der Waals surface area contributed by atoms with Gasteiger partial charge in [0.2, 0.25) is 0 Å². The number of nitrogens with zero attached hydrogens (tertiary/aromatic N) is 2. The Balaban J connectivity index is 2.38. The molecule has 1 N–H and O–H groups in total. The predicted octanol–water partition coefficient (Wildman–Crippen LogP) is 3.96. The lowest BCUT2D eigenvalue weighted by Crippen LogP contribution is -2.16. The summed E-state index contributed by atoms with van der Waals surface area (Å²) in [6, 6.07) is 11.7. The molecule has 4 heteroatoms. The Bertz CT molecular complexity index is 883. The maximum atomic E-state index is 12.7. The molecule has 1 aromatic carbocycles. The predicted molar refractivity (Wildman–Crippen MR) is 94.4 cm³/mol. The van der Waals surface area contributed by atoms with Crippen LogP contribution in [-0.4, -0.2) is 14.8 Å². The van der Waals surface area contributed by atoms with E-state index in [1.54, 1.807) is 6.07 Å². The van der Waals surface area contributed by atoms with E-state index in [2.05, 4.69) is 32.7 Å². The van der Waals surface area contributed by atoms with Crippen LogP contribution < -0.4 is 5.43 Å². The van der Waals surface area contributed by atoms with Gasteiger partial charge in [-0.15, -0.1) is 0 Å². The average Bonchev–Trinajstić information content (AvgIpc) is 2.89. The van der Waals surface area contributed by atoms with E-state index >= 15 is 0 Å². The fraction of sp³-hybridized carbons (Fsp3) is 0.368. The second-order valence-corrected chi connectivity index (χ2v) is 6.98. The molecule has 3 rings (SSSR count). The van der Waals surface area contributed by atoms with Crippen molar-refractivity contribution in [3.63, 3.8) is 0 Å². The first kappa shape index (κ1) is 15.5. The molecule has 0 spiro atoms. The number of para-hydroxylation sites is 1. The number of benzene rings is 1. The van der Waals surface area contributed by atoms with Crippen LogP contribution in [0.2, 0.25) is 0 Å². The summed E-state index contributed by atoms with van der Waals surface area (Å²) in [6.07, 6.45) is 1.85. The SMILES string of the molecule is CCCc1cc(=O)c2c(C(C)(C)C)nn(-c3ccccc3)c2[nH]1. The van der Waals surface area contributed by atoms with Gasteiger partial charge >= 0.3 is 0 Å². The normalized spacial score (nSPS) is 12.0. The minimum atomic E-state index is -0.197. The molecule has 0 bridgehead atoms. The summed E-state index contributed by atoms with van der Waals surface area (Å²) < 4.78 is 1.86. The van der Waals surface area contributed by atoms with Crippen LogP contribution in [0.4, 0.5) is 0 Å². The van der Waals surface area contributed by atoms with Gasteiger partial charge < -0.3 is 4.98 Å². The van der Waals surface area contributed by atoms with Crippen LogP contribution in [0.1, 0.15) is 45.5 Å². The molecule has 0 atom stereocenters. The van der Waals surface area contributed by atoms with Crippen molar-refractivity contribution in [3.8, 4) is 5.69 Å². The summed E-state index contributed by atoms with van der Waals surface area (Å²) in [4.78, 5) is 16.1. The number of rotatable bonds is 3. The quantitative estimate of drug-likeness (QED) is 0.796. The minimum Gasteiger partial charge on any atom is -0.343 e. The highest BCUT2D eigenvalue weighted by molar-refractivity contribution is 5.81. The molecule has 0 amide bonds. The lowest BCUT2D eigenvalue weighted by Gasteiger charge is -2.15. The second-order valence-electron chi connectivity index (χ2n) is 6.98. The number of aromatic nitrogens is 3. The van der Waals surface area contributed by atoms with Crippen LogP contribution in [0.25, 0.3) is 16.7 Å². The van der Waals surface area contributed by atoms with Crippen LogP contribution >= 0.6 is 0 Å². The van der Waals surface area contributed by atoms with E-state index in [0.29, 0.717) is 5.39 Å². The van der Waals surface area contributed by atoms with E-state index in [-0.39, 0.29) is 10.8 Å². The third kappa shape index (κ3) is 2.81. The summed E-state index contributed by atoms with van der Waals surface area (Å²) in [7, 11) is 0. The van der Waals surface area contributed by atoms with Crippen molar-refractivity contribution >= 4 is 11.0 Å². The third-order valence-corrected chi connectivity index (χ3v) is 3.95. The van der Waals surface area contributed by atoms with E-state index < -0.39 is 0 Å². The molecule has 4 nitrogen and oxygen atoms in total. The number of fused-ring (bicyclic) bond motifs is 1. The van der Waals surface area contributed by atoms with Crippen LogP contribution in [0.15, 0.2) is 41.2 Å². The first-order valence-electron chi connectivity index (χ1n) is 8.12. The lowest BCUT2D eigenvalue weighted by atomic mass is 9.90. The zero-order valence-electron chi connectivity index (χ0n) is 14.2. The molecule has 0 aliphatic rings. The van der Waals surface area contributed by atoms with E-state index in [1.807, 2.05) is 35.0 Å². The summed E-state index contributed by atoms with van der Waals surface area (Å²) in [5.41, 5.74) is 3.39. The number of hydrogen-bond donors (Lipinski definition) is 1. The molecule has 3 aromatic rings. The maximum Gasteiger partial charge on any atom is 0.193 e. The zero-order valence-corrected chi connectivity index (χ0v) is 14.2. The Morgan fingerprint density at radius 2 is 1.87 bits per heavy atom. The van der Waals surface area contributed by atoms with Crippen LogP contribution in [0.5, 0.6) is 0 Å². The van der Waals surface area contributed by atoms with Gasteiger partial charge in [-0.25, -0.2) is 4.68 Å².